The van der Waals surface area contributed by atoms with Gasteiger partial charge < -0.3 is 10.2 Å². The van der Waals surface area contributed by atoms with E-state index in [-0.39, 0.29) is 12.2 Å². The number of likely N-dealkylation sites (N-methyl/N-ethyl adjacent to an activating group) is 1. The first-order chi connectivity index (χ1) is 10.9. The molecular weight excluding hydrogens is 329 g/mol. The van der Waals surface area contributed by atoms with Crippen LogP contribution < -0.4 is 10.2 Å². The molecule has 0 aliphatic rings. The van der Waals surface area contributed by atoms with E-state index in [0.29, 0.717) is 11.6 Å². The zero-order valence-corrected chi connectivity index (χ0v) is 13.1. The smallest absolute Gasteiger partial charge is 0.279 e. The van der Waals surface area contributed by atoms with Crippen LogP contribution in [0, 0.1) is 17.5 Å². The van der Waals surface area contributed by atoms with Crippen molar-refractivity contribution >= 4 is 23.2 Å². The van der Waals surface area contributed by atoms with Gasteiger partial charge in [0.05, 0.1) is 12.7 Å². The summed E-state index contributed by atoms with van der Waals surface area (Å²) in [4.78, 5) is 12.7. The Bertz CT molecular complexity index is 724. The Hall–Kier alpha value is -2.05. The van der Waals surface area contributed by atoms with Crippen LogP contribution in [-0.2, 0) is 11.3 Å². The van der Waals surface area contributed by atoms with Crippen LogP contribution >= 0.6 is 11.6 Å². The van der Waals surface area contributed by atoms with Gasteiger partial charge in [0.2, 0.25) is 0 Å². The van der Waals surface area contributed by atoms with Crippen LogP contribution in [0.4, 0.5) is 18.9 Å². The van der Waals surface area contributed by atoms with Gasteiger partial charge in [0.1, 0.15) is 6.54 Å². The third kappa shape index (κ3) is 4.71. The zero-order valence-electron chi connectivity index (χ0n) is 12.3. The summed E-state index contributed by atoms with van der Waals surface area (Å²) in [5.41, 5.74) is 0.561. The van der Waals surface area contributed by atoms with Crippen LogP contribution in [0.15, 0.2) is 36.4 Å². The Morgan fingerprint density at radius 1 is 1.17 bits per heavy atom. The Morgan fingerprint density at radius 2 is 1.91 bits per heavy atom. The van der Waals surface area contributed by atoms with E-state index in [1.54, 1.807) is 19.2 Å². The molecule has 0 bridgehead atoms. The highest BCUT2D eigenvalue weighted by Gasteiger charge is 2.17. The molecule has 2 aromatic carbocycles. The van der Waals surface area contributed by atoms with Gasteiger partial charge in [-0.25, -0.2) is 13.2 Å². The van der Waals surface area contributed by atoms with Crippen molar-refractivity contribution in [2.45, 2.75) is 6.54 Å². The zero-order chi connectivity index (χ0) is 17.0. The van der Waals surface area contributed by atoms with Crippen LogP contribution in [0.5, 0.6) is 0 Å². The average Bonchev–Trinajstić information content (AvgIpc) is 2.47. The summed E-state index contributed by atoms with van der Waals surface area (Å²) in [6.07, 6.45) is 0. The summed E-state index contributed by atoms with van der Waals surface area (Å²) in [7, 11) is 1.78. The highest BCUT2D eigenvalue weighted by molar-refractivity contribution is 6.30. The van der Waals surface area contributed by atoms with Crippen molar-refractivity contribution in [3.63, 3.8) is 0 Å². The summed E-state index contributed by atoms with van der Waals surface area (Å²) >= 11 is 5.89. The molecule has 23 heavy (non-hydrogen) atoms. The van der Waals surface area contributed by atoms with E-state index in [4.69, 9.17) is 11.6 Å². The highest BCUT2D eigenvalue weighted by Crippen LogP contribution is 2.19. The first kappa shape index (κ1) is 17.3. The Balaban J connectivity index is 1.95. The Kier molecular flexibility index (Phi) is 5.63. The molecule has 1 atom stereocenters. The lowest BCUT2D eigenvalue weighted by molar-refractivity contribution is -0.885. The Labute approximate surface area is 136 Å². The van der Waals surface area contributed by atoms with Crippen molar-refractivity contribution in [3.8, 4) is 0 Å². The second-order valence-electron chi connectivity index (χ2n) is 5.21. The highest BCUT2D eigenvalue weighted by atomic mass is 35.5. The molecule has 2 aromatic rings. The number of amides is 1. The molecule has 0 fully saturated rings. The quantitative estimate of drug-likeness (QED) is 0.803. The molecule has 2 rings (SSSR count). The van der Waals surface area contributed by atoms with E-state index >= 15 is 0 Å². The van der Waals surface area contributed by atoms with Crippen molar-refractivity contribution in [2.24, 2.45) is 0 Å². The third-order valence-corrected chi connectivity index (χ3v) is 3.40. The fourth-order valence-electron chi connectivity index (χ4n) is 2.15. The standard InChI is InChI=1S/C16H14ClF3N2O/c1-22(8-10-3-2-4-11(17)7-10)9-14(23)21-13-6-5-12(18)15(19)16(13)20/h2-7H,8-9H2,1H3,(H,21,23)/p+1. The molecule has 1 unspecified atom stereocenters. The van der Waals surface area contributed by atoms with Crippen molar-refractivity contribution in [2.75, 3.05) is 18.9 Å². The SMILES string of the molecule is C[NH+](CC(=O)Nc1ccc(F)c(F)c1F)Cc1cccc(Cl)c1. The number of hydrogen-bond acceptors (Lipinski definition) is 1. The molecule has 0 aliphatic heterocycles. The maximum atomic E-state index is 13.5. The first-order valence-electron chi connectivity index (χ1n) is 6.86. The maximum Gasteiger partial charge on any atom is 0.279 e. The number of benzene rings is 2. The van der Waals surface area contributed by atoms with Gasteiger partial charge in [-0.15, -0.1) is 0 Å². The second-order valence-corrected chi connectivity index (χ2v) is 5.65. The fraction of sp³-hybridized carbons (Fsp3) is 0.188. The van der Waals surface area contributed by atoms with Gasteiger partial charge in [0.15, 0.2) is 24.0 Å². The lowest BCUT2D eigenvalue weighted by Crippen LogP contribution is -3.08. The summed E-state index contributed by atoms with van der Waals surface area (Å²) < 4.78 is 39.5. The van der Waals surface area contributed by atoms with Crippen LogP contribution in [0.2, 0.25) is 5.02 Å². The molecule has 2 N–H and O–H groups in total. The van der Waals surface area contributed by atoms with Gasteiger partial charge in [-0.2, -0.15) is 0 Å². The van der Waals surface area contributed by atoms with Crippen LogP contribution in [0.1, 0.15) is 5.56 Å². The van der Waals surface area contributed by atoms with Crippen molar-refractivity contribution in [3.05, 3.63) is 64.4 Å². The second kappa shape index (κ2) is 7.48. The van der Waals surface area contributed by atoms with Crippen LogP contribution in [0.25, 0.3) is 0 Å². The van der Waals surface area contributed by atoms with Crippen molar-refractivity contribution < 1.29 is 22.9 Å². The van der Waals surface area contributed by atoms with E-state index in [1.807, 2.05) is 12.1 Å². The molecule has 0 spiro atoms. The van der Waals surface area contributed by atoms with Gasteiger partial charge in [-0.3, -0.25) is 4.79 Å². The topological polar surface area (TPSA) is 33.5 Å². The van der Waals surface area contributed by atoms with Gasteiger partial charge in [0.25, 0.3) is 5.91 Å². The molecule has 0 radical (unpaired) electrons. The molecule has 0 aliphatic carbocycles. The molecule has 122 valence electrons. The van der Waals surface area contributed by atoms with Gasteiger partial charge in [0, 0.05) is 10.6 Å². The number of quaternary nitrogens is 1. The minimum atomic E-state index is -1.61. The third-order valence-electron chi connectivity index (χ3n) is 3.17. The van der Waals surface area contributed by atoms with Crippen LogP contribution in [0.3, 0.4) is 0 Å². The summed E-state index contributed by atoms with van der Waals surface area (Å²) in [5, 5.41) is 2.84. The maximum absolute atomic E-state index is 13.5. The van der Waals surface area contributed by atoms with E-state index < -0.39 is 23.4 Å². The molecule has 3 nitrogen and oxygen atoms in total. The molecule has 0 heterocycles. The van der Waals surface area contributed by atoms with Gasteiger partial charge in [-0.05, 0) is 24.3 Å². The number of rotatable bonds is 5. The predicted molar refractivity (Wildman–Crippen MR) is 81.9 cm³/mol. The lowest BCUT2D eigenvalue weighted by Gasteiger charge is -2.14. The van der Waals surface area contributed by atoms with Crippen molar-refractivity contribution in [1.82, 2.24) is 0 Å². The lowest BCUT2D eigenvalue weighted by atomic mass is 10.2. The minimum absolute atomic E-state index is 0.0327. The molecule has 0 saturated carbocycles. The number of carbonyl (C=O) groups excluding carboxylic acids is 1. The van der Waals surface area contributed by atoms with E-state index in [1.165, 1.54) is 0 Å². The van der Waals surface area contributed by atoms with E-state index in [0.717, 1.165) is 22.6 Å². The molecule has 0 aromatic heterocycles. The summed E-state index contributed by atoms with van der Waals surface area (Å²) in [5.74, 6) is -4.83. The molecule has 1 amide bonds. The monoisotopic (exact) mass is 343 g/mol. The summed E-state index contributed by atoms with van der Waals surface area (Å²) in [6, 6.07) is 8.97. The van der Waals surface area contributed by atoms with E-state index in [9.17, 15) is 18.0 Å². The minimum Gasteiger partial charge on any atom is -0.326 e. The van der Waals surface area contributed by atoms with Crippen molar-refractivity contribution in [1.29, 1.82) is 0 Å². The average molecular weight is 344 g/mol. The van der Waals surface area contributed by atoms with Gasteiger partial charge >= 0.3 is 0 Å². The number of anilines is 1. The largest absolute Gasteiger partial charge is 0.326 e. The summed E-state index contributed by atoms with van der Waals surface area (Å²) in [6.45, 7) is 0.569. The molecular formula is C16H15ClF3N2O+. The van der Waals surface area contributed by atoms with Gasteiger partial charge in [-0.1, -0.05) is 23.7 Å². The van der Waals surface area contributed by atoms with E-state index in [2.05, 4.69) is 5.32 Å². The first-order valence-corrected chi connectivity index (χ1v) is 7.23. The number of halogens is 4. The number of nitrogens with one attached hydrogen (secondary N) is 2. The normalized spacial score (nSPS) is 12.0. The fourth-order valence-corrected chi connectivity index (χ4v) is 2.36. The number of hydrogen-bond donors (Lipinski definition) is 2. The number of carbonyl (C=O) groups is 1. The molecule has 7 heteroatoms. The van der Waals surface area contributed by atoms with Crippen LogP contribution in [-0.4, -0.2) is 19.5 Å². The predicted octanol–water partition coefficient (Wildman–Crippen LogP) is 2.41. The Morgan fingerprint density at radius 3 is 2.61 bits per heavy atom. The molecule has 0 saturated heterocycles.